The van der Waals surface area contributed by atoms with Gasteiger partial charge in [0.1, 0.15) is 5.82 Å². The van der Waals surface area contributed by atoms with Gasteiger partial charge in [0.2, 0.25) is 0 Å². The topological polar surface area (TPSA) is 38.0 Å². The molecule has 0 aliphatic carbocycles. The zero-order valence-electron chi connectivity index (χ0n) is 8.75. The van der Waals surface area contributed by atoms with E-state index in [4.69, 9.17) is 5.73 Å². The van der Waals surface area contributed by atoms with Crippen LogP contribution in [0.25, 0.3) is 0 Å². The van der Waals surface area contributed by atoms with Crippen LogP contribution in [0.3, 0.4) is 0 Å². The monoisotopic (exact) mass is 208 g/mol. The Balaban J connectivity index is 1.80. The van der Waals surface area contributed by atoms with Crippen LogP contribution in [-0.2, 0) is 6.42 Å². The van der Waals surface area contributed by atoms with Crippen molar-refractivity contribution in [3.05, 3.63) is 35.6 Å². The normalized spacial score (nSPS) is 25.7. The second-order valence-electron chi connectivity index (χ2n) is 4.27. The number of hydrogen-bond donors (Lipinski definition) is 2. The molecule has 82 valence electrons. The summed E-state index contributed by atoms with van der Waals surface area (Å²) in [6.07, 6.45) is 3.13. The van der Waals surface area contributed by atoms with Crippen molar-refractivity contribution in [2.75, 3.05) is 6.54 Å². The summed E-state index contributed by atoms with van der Waals surface area (Å²) in [5.74, 6) is -0.167. The number of halogens is 1. The van der Waals surface area contributed by atoms with Gasteiger partial charge in [-0.25, -0.2) is 4.39 Å². The molecule has 0 radical (unpaired) electrons. The summed E-state index contributed by atoms with van der Waals surface area (Å²) >= 11 is 0. The van der Waals surface area contributed by atoms with E-state index in [9.17, 15) is 4.39 Å². The summed E-state index contributed by atoms with van der Waals surface area (Å²) in [7, 11) is 0. The third-order valence-corrected chi connectivity index (χ3v) is 2.95. The van der Waals surface area contributed by atoms with Crippen molar-refractivity contribution in [3.8, 4) is 0 Å². The molecule has 0 aromatic heterocycles. The van der Waals surface area contributed by atoms with E-state index in [0.29, 0.717) is 12.1 Å². The molecule has 2 rings (SSSR count). The average Bonchev–Trinajstić information content (AvgIpc) is 2.64. The molecule has 2 unspecified atom stereocenters. The molecular weight excluding hydrogens is 191 g/mol. The summed E-state index contributed by atoms with van der Waals surface area (Å²) in [6, 6.07) is 7.58. The molecule has 1 heterocycles. The molecule has 1 aromatic carbocycles. The molecular formula is C12H17FN2. The van der Waals surface area contributed by atoms with Gasteiger partial charge in [0.15, 0.2) is 0 Å². The van der Waals surface area contributed by atoms with Gasteiger partial charge in [0.25, 0.3) is 0 Å². The minimum absolute atomic E-state index is 0.167. The molecule has 2 nitrogen and oxygen atoms in total. The van der Waals surface area contributed by atoms with Gasteiger partial charge in [-0.05, 0) is 37.0 Å². The summed E-state index contributed by atoms with van der Waals surface area (Å²) in [5, 5.41) is 3.39. The van der Waals surface area contributed by atoms with Crippen molar-refractivity contribution in [2.24, 2.45) is 5.73 Å². The fourth-order valence-corrected chi connectivity index (χ4v) is 2.06. The average molecular weight is 208 g/mol. The standard InChI is InChI=1S/C12H17FN2/c13-10-4-1-9(2-5-10)3-6-12-7-11(14)8-15-12/h1-2,4-5,11-12,15H,3,6-8,14H2. The molecule has 3 heteroatoms. The Morgan fingerprint density at radius 3 is 2.67 bits per heavy atom. The van der Waals surface area contributed by atoms with Gasteiger partial charge in [-0.2, -0.15) is 0 Å². The maximum absolute atomic E-state index is 12.7. The Morgan fingerprint density at radius 1 is 1.33 bits per heavy atom. The van der Waals surface area contributed by atoms with Gasteiger partial charge in [-0.15, -0.1) is 0 Å². The molecule has 0 spiro atoms. The molecule has 1 aliphatic rings. The lowest BCUT2D eigenvalue weighted by Crippen LogP contribution is -2.23. The molecule has 0 amide bonds. The third kappa shape index (κ3) is 3.01. The first-order chi connectivity index (χ1) is 7.24. The number of rotatable bonds is 3. The Hall–Kier alpha value is -0.930. The zero-order valence-corrected chi connectivity index (χ0v) is 8.75. The number of hydrogen-bond acceptors (Lipinski definition) is 2. The van der Waals surface area contributed by atoms with Crippen LogP contribution in [0.4, 0.5) is 4.39 Å². The van der Waals surface area contributed by atoms with Crippen molar-refractivity contribution in [2.45, 2.75) is 31.3 Å². The summed E-state index contributed by atoms with van der Waals surface area (Å²) in [6.45, 7) is 0.925. The Kier molecular flexibility index (Phi) is 3.34. The second-order valence-corrected chi connectivity index (χ2v) is 4.27. The van der Waals surface area contributed by atoms with Crippen molar-refractivity contribution < 1.29 is 4.39 Å². The van der Waals surface area contributed by atoms with Crippen molar-refractivity contribution in [1.29, 1.82) is 0 Å². The first-order valence-electron chi connectivity index (χ1n) is 5.47. The van der Waals surface area contributed by atoms with Crippen molar-refractivity contribution >= 4 is 0 Å². The molecule has 0 saturated carbocycles. The highest BCUT2D eigenvalue weighted by Crippen LogP contribution is 2.12. The van der Waals surface area contributed by atoms with Gasteiger partial charge in [-0.3, -0.25) is 0 Å². The van der Waals surface area contributed by atoms with E-state index in [0.717, 1.165) is 25.8 Å². The molecule has 1 saturated heterocycles. The Labute approximate surface area is 89.7 Å². The predicted octanol–water partition coefficient (Wildman–Crippen LogP) is 1.45. The van der Waals surface area contributed by atoms with E-state index in [1.807, 2.05) is 12.1 Å². The minimum Gasteiger partial charge on any atom is -0.326 e. The number of aryl methyl sites for hydroxylation is 1. The number of nitrogens with one attached hydrogen (secondary N) is 1. The van der Waals surface area contributed by atoms with Crippen LogP contribution in [0.2, 0.25) is 0 Å². The number of benzene rings is 1. The van der Waals surface area contributed by atoms with Gasteiger partial charge in [0.05, 0.1) is 0 Å². The van der Waals surface area contributed by atoms with Crippen LogP contribution >= 0.6 is 0 Å². The largest absolute Gasteiger partial charge is 0.326 e. The Bertz CT molecular complexity index is 310. The SMILES string of the molecule is NC1CNC(CCc2ccc(F)cc2)C1. The van der Waals surface area contributed by atoms with Gasteiger partial charge in [0, 0.05) is 18.6 Å². The minimum atomic E-state index is -0.167. The van der Waals surface area contributed by atoms with Gasteiger partial charge >= 0.3 is 0 Å². The van der Waals surface area contributed by atoms with Crippen LogP contribution < -0.4 is 11.1 Å². The highest BCUT2D eigenvalue weighted by atomic mass is 19.1. The highest BCUT2D eigenvalue weighted by Gasteiger charge is 2.20. The lowest BCUT2D eigenvalue weighted by Gasteiger charge is -2.09. The van der Waals surface area contributed by atoms with Gasteiger partial charge in [-0.1, -0.05) is 12.1 Å². The molecule has 1 aromatic rings. The fraction of sp³-hybridized carbons (Fsp3) is 0.500. The quantitative estimate of drug-likeness (QED) is 0.789. The van der Waals surface area contributed by atoms with Crippen LogP contribution in [-0.4, -0.2) is 18.6 Å². The Morgan fingerprint density at radius 2 is 2.07 bits per heavy atom. The lowest BCUT2D eigenvalue weighted by molar-refractivity contribution is 0.553. The van der Waals surface area contributed by atoms with E-state index < -0.39 is 0 Å². The summed E-state index contributed by atoms with van der Waals surface area (Å²) < 4.78 is 12.7. The van der Waals surface area contributed by atoms with E-state index in [-0.39, 0.29) is 5.82 Å². The summed E-state index contributed by atoms with van der Waals surface area (Å²) in [4.78, 5) is 0. The first-order valence-corrected chi connectivity index (χ1v) is 5.47. The number of nitrogens with two attached hydrogens (primary N) is 1. The van der Waals surface area contributed by atoms with Crippen LogP contribution in [0, 0.1) is 5.82 Å². The third-order valence-electron chi connectivity index (χ3n) is 2.95. The maximum atomic E-state index is 12.7. The first kappa shape index (κ1) is 10.6. The molecule has 2 atom stereocenters. The van der Waals surface area contributed by atoms with Gasteiger partial charge < -0.3 is 11.1 Å². The lowest BCUT2D eigenvalue weighted by atomic mass is 10.0. The second kappa shape index (κ2) is 4.73. The molecule has 15 heavy (non-hydrogen) atoms. The van der Waals surface area contributed by atoms with Crippen LogP contribution in [0.15, 0.2) is 24.3 Å². The van der Waals surface area contributed by atoms with Crippen LogP contribution in [0.1, 0.15) is 18.4 Å². The van der Waals surface area contributed by atoms with Crippen LogP contribution in [0.5, 0.6) is 0 Å². The van der Waals surface area contributed by atoms with Crippen molar-refractivity contribution in [1.82, 2.24) is 5.32 Å². The fourth-order valence-electron chi connectivity index (χ4n) is 2.06. The predicted molar refractivity (Wildman–Crippen MR) is 59.1 cm³/mol. The maximum Gasteiger partial charge on any atom is 0.123 e. The molecule has 0 bridgehead atoms. The molecule has 1 fully saturated rings. The van der Waals surface area contributed by atoms with E-state index in [2.05, 4.69) is 5.32 Å². The molecule has 3 N–H and O–H groups in total. The van der Waals surface area contributed by atoms with Crippen molar-refractivity contribution in [3.63, 3.8) is 0 Å². The van der Waals surface area contributed by atoms with E-state index >= 15 is 0 Å². The molecule has 1 aliphatic heterocycles. The zero-order chi connectivity index (χ0) is 10.7. The highest BCUT2D eigenvalue weighted by molar-refractivity contribution is 5.16. The smallest absolute Gasteiger partial charge is 0.123 e. The summed E-state index contributed by atoms with van der Waals surface area (Å²) in [5.41, 5.74) is 7.00. The van der Waals surface area contributed by atoms with E-state index in [1.54, 1.807) is 0 Å². The van der Waals surface area contributed by atoms with E-state index in [1.165, 1.54) is 17.7 Å².